The maximum absolute atomic E-state index is 4.52. The van der Waals surface area contributed by atoms with Crippen LogP contribution in [-0.2, 0) is 0 Å². The summed E-state index contributed by atoms with van der Waals surface area (Å²) >= 11 is 0. The molecule has 3 heteroatoms. The predicted octanol–water partition coefficient (Wildman–Crippen LogP) is 3.24. The lowest BCUT2D eigenvalue weighted by atomic mass is 10.1. The van der Waals surface area contributed by atoms with Crippen molar-refractivity contribution in [1.29, 1.82) is 0 Å². The molecule has 3 rings (SSSR count). The molecule has 0 radical (unpaired) electrons. The Hall–Kier alpha value is -2.03. The molecule has 2 aromatic rings. The molecule has 0 spiro atoms. The second kappa shape index (κ2) is 4.02. The molecule has 1 aromatic heterocycles. The molecule has 1 aliphatic rings. The Kier molecular flexibility index (Phi) is 2.47. The summed E-state index contributed by atoms with van der Waals surface area (Å²) < 4.78 is 0. The molecule has 0 amide bonds. The highest BCUT2D eigenvalue weighted by Crippen LogP contribution is 2.39. The number of benzene rings is 1. The molecule has 1 aromatic carbocycles. The molecular weight excluding hydrogens is 222 g/mol. The lowest BCUT2D eigenvalue weighted by Crippen LogP contribution is -2.24. The van der Waals surface area contributed by atoms with Crippen LogP contribution in [0.1, 0.15) is 11.1 Å². The van der Waals surface area contributed by atoms with Gasteiger partial charge in [0.1, 0.15) is 0 Å². The number of pyridine rings is 1. The Balaban J connectivity index is 2.12. The minimum Gasteiger partial charge on any atom is -0.354 e. The predicted molar refractivity (Wildman–Crippen MR) is 75.6 cm³/mol. The Morgan fingerprint density at radius 1 is 1.06 bits per heavy atom. The number of nitrogens with zero attached hydrogens (tertiary/aromatic N) is 3. The van der Waals surface area contributed by atoms with Crippen molar-refractivity contribution >= 4 is 17.2 Å². The van der Waals surface area contributed by atoms with Gasteiger partial charge in [0.05, 0.1) is 12.4 Å². The molecule has 0 saturated heterocycles. The summed E-state index contributed by atoms with van der Waals surface area (Å²) in [5, 5.41) is 0. The van der Waals surface area contributed by atoms with Gasteiger partial charge in [-0.05, 0) is 43.2 Å². The highest BCUT2D eigenvalue weighted by Gasteiger charge is 2.26. The molecule has 92 valence electrons. The van der Waals surface area contributed by atoms with E-state index in [-0.39, 0.29) is 0 Å². The van der Waals surface area contributed by atoms with Crippen LogP contribution in [0.3, 0.4) is 0 Å². The van der Waals surface area contributed by atoms with E-state index < -0.39 is 0 Å². The van der Waals surface area contributed by atoms with E-state index in [4.69, 9.17) is 0 Å². The summed E-state index contributed by atoms with van der Waals surface area (Å²) in [6.45, 7) is 5.18. The molecule has 0 bridgehead atoms. The number of hydrogen-bond donors (Lipinski definition) is 0. The summed E-state index contributed by atoms with van der Waals surface area (Å²) in [4.78, 5) is 9.02. The van der Waals surface area contributed by atoms with Crippen molar-refractivity contribution in [2.45, 2.75) is 13.8 Å². The fourth-order valence-corrected chi connectivity index (χ4v) is 2.47. The molecule has 0 fully saturated rings. The van der Waals surface area contributed by atoms with E-state index in [2.05, 4.69) is 59.9 Å². The first-order valence-corrected chi connectivity index (χ1v) is 6.18. The molecule has 1 aliphatic heterocycles. The van der Waals surface area contributed by atoms with Crippen LogP contribution in [0.4, 0.5) is 17.2 Å². The van der Waals surface area contributed by atoms with Crippen molar-refractivity contribution in [1.82, 2.24) is 4.98 Å². The van der Waals surface area contributed by atoms with Gasteiger partial charge in [-0.3, -0.25) is 0 Å². The minimum atomic E-state index is 0.858. The minimum absolute atomic E-state index is 0.858. The van der Waals surface area contributed by atoms with Crippen LogP contribution in [0, 0.1) is 13.8 Å². The van der Waals surface area contributed by atoms with Crippen LogP contribution >= 0.6 is 0 Å². The molecule has 0 atom stereocenters. The van der Waals surface area contributed by atoms with Crippen LogP contribution < -0.4 is 9.80 Å². The zero-order chi connectivity index (χ0) is 12.7. The maximum atomic E-state index is 4.52. The van der Waals surface area contributed by atoms with E-state index in [9.17, 15) is 0 Å². The largest absolute Gasteiger partial charge is 0.354 e. The van der Waals surface area contributed by atoms with Gasteiger partial charge >= 0.3 is 0 Å². The van der Waals surface area contributed by atoms with Crippen molar-refractivity contribution in [2.75, 3.05) is 23.5 Å². The first-order chi connectivity index (χ1) is 8.68. The number of aryl methyl sites for hydroxylation is 1. The van der Waals surface area contributed by atoms with E-state index in [1.54, 1.807) is 0 Å². The van der Waals surface area contributed by atoms with Gasteiger partial charge in [-0.1, -0.05) is 12.1 Å². The molecule has 0 unspecified atom stereocenters. The van der Waals surface area contributed by atoms with Gasteiger partial charge in [0, 0.05) is 18.9 Å². The van der Waals surface area contributed by atoms with Gasteiger partial charge in [-0.15, -0.1) is 0 Å². The average molecular weight is 239 g/mol. The van der Waals surface area contributed by atoms with Gasteiger partial charge in [0.2, 0.25) is 0 Å². The number of fused-ring (bicyclic) bond motifs is 1. The standard InChI is InChI=1S/C15H17N3/c1-11-6-4-7-13(12(11)2)18-10-17(3)14-8-5-9-16-15(14)18/h4-9H,10H2,1-3H3. The lowest BCUT2D eigenvalue weighted by Gasteiger charge is -2.21. The third-order valence-corrected chi connectivity index (χ3v) is 3.65. The number of rotatable bonds is 1. The van der Waals surface area contributed by atoms with Crippen LogP contribution in [0.2, 0.25) is 0 Å². The van der Waals surface area contributed by atoms with Gasteiger partial charge in [0.15, 0.2) is 5.82 Å². The van der Waals surface area contributed by atoms with Crippen LogP contribution in [0.5, 0.6) is 0 Å². The Morgan fingerprint density at radius 2 is 1.83 bits per heavy atom. The zero-order valence-electron chi connectivity index (χ0n) is 11.0. The number of anilines is 3. The molecule has 3 nitrogen and oxygen atoms in total. The summed E-state index contributed by atoms with van der Waals surface area (Å²) in [6.07, 6.45) is 1.86. The molecule has 18 heavy (non-hydrogen) atoms. The highest BCUT2D eigenvalue weighted by molar-refractivity contribution is 5.80. The van der Waals surface area contributed by atoms with Crippen molar-refractivity contribution < 1.29 is 0 Å². The molecular formula is C15H17N3. The van der Waals surface area contributed by atoms with Crippen LogP contribution in [0.25, 0.3) is 0 Å². The van der Waals surface area contributed by atoms with Crippen LogP contribution in [-0.4, -0.2) is 18.7 Å². The Bertz CT molecular complexity index is 592. The highest BCUT2D eigenvalue weighted by atomic mass is 15.4. The molecule has 0 aliphatic carbocycles. The Morgan fingerprint density at radius 3 is 2.67 bits per heavy atom. The summed E-state index contributed by atoms with van der Waals surface area (Å²) in [5.74, 6) is 1.05. The smallest absolute Gasteiger partial charge is 0.158 e. The Labute approximate surface area is 108 Å². The first-order valence-electron chi connectivity index (χ1n) is 6.18. The van der Waals surface area contributed by atoms with Crippen molar-refractivity contribution in [2.24, 2.45) is 0 Å². The third kappa shape index (κ3) is 1.55. The van der Waals surface area contributed by atoms with E-state index in [1.165, 1.54) is 22.5 Å². The van der Waals surface area contributed by atoms with Gasteiger partial charge in [-0.25, -0.2) is 4.98 Å². The molecule has 0 saturated carbocycles. The van der Waals surface area contributed by atoms with E-state index in [0.717, 1.165) is 12.5 Å². The summed E-state index contributed by atoms with van der Waals surface area (Å²) in [7, 11) is 2.10. The van der Waals surface area contributed by atoms with Gasteiger partial charge in [0.25, 0.3) is 0 Å². The maximum Gasteiger partial charge on any atom is 0.158 e. The van der Waals surface area contributed by atoms with E-state index >= 15 is 0 Å². The number of hydrogen-bond acceptors (Lipinski definition) is 3. The van der Waals surface area contributed by atoms with Crippen molar-refractivity contribution in [3.8, 4) is 0 Å². The normalized spacial score (nSPS) is 13.9. The fourth-order valence-electron chi connectivity index (χ4n) is 2.47. The van der Waals surface area contributed by atoms with Gasteiger partial charge in [-0.2, -0.15) is 0 Å². The van der Waals surface area contributed by atoms with Crippen molar-refractivity contribution in [3.05, 3.63) is 47.7 Å². The second-order valence-corrected chi connectivity index (χ2v) is 4.83. The molecule has 2 heterocycles. The molecule has 0 N–H and O–H groups in total. The number of aromatic nitrogens is 1. The van der Waals surface area contributed by atoms with Crippen molar-refractivity contribution in [3.63, 3.8) is 0 Å². The third-order valence-electron chi connectivity index (χ3n) is 3.65. The second-order valence-electron chi connectivity index (χ2n) is 4.83. The summed E-state index contributed by atoms with van der Waals surface area (Å²) in [5.41, 5.74) is 5.08. The monoisotopic (exact) mass is 239 g/mol. The van der Waals surface area contributed by atoms with Crippen LogP contribution in [0.15, 0.2) is 36.5 Å². The zero-order valence-corrected chi connectivity index (χ0v) is 11.0. The van der Waals surface area contributed by atoms with E-state index in [0.29, 0.717) is 0 Å². The van der Waals surface area contributed by atoms with E-state index in [1.807, 2.05) is 12.3 Å². The SMILES string of the molecule is Cc1cccc(N2CN(C)c3cccnc32)c1C. The fraction of sp³-hybridized carbons (Fsp3) is 0.267. The quantitative estimate of drug-likeness (QED) is 0.761. The first kappa shape index (κ1) is 11.1. The lowest BCUT2D eigenvalue weighted by molar-refractivity contribution is 0.939. The summed E-state index contributed by atoms with van der Waals surface area (Å²) in [6, 6.07) is 10.5. The van der Waals surface area contributed by atoms with Gasteiger partial charge < -0.3 is 9.80 Å². The average Bonchev–Trinajstić information content (AvgIpc) is 2.71. The topological polar surface area (TPSA) is 19.4 Å².